The van der Waals surface area contributed by atoms with Crippen molar-refractivity contribution >= 4 is 27.5 Å². The van der Waals surface area contributed by atoms with Crippen LogP contribution >= 0.6 is 0 Å². The quantitative estimate of drug-likeness (QED) is 0.886. The van der Waals surface area contributed by atoms with E-state index in [1.807, 2.05) is 19.9 Å². The first-order valence-corrected chi connectivity index (χ1v) is 9.84. The molecule has 1 aliphatic heterocycles. The van der Waals surface area contributed by atoms with Crippen LogP contribution in [0.25, 0.3) is 0 Å². The second-order valence-electron chi connectivity index (χ2n) is 6.48. The van der Waals surface area contributed by atoms with Gasteiger partial charge in [0.05, 0.1) is 22.8 Å². The topological polar surface area (TPSA) is 75.7 Å². The highest BCUT2D eigenvalue weighted by molar-refractivity contribution is 7.92. The zero-order valence-corrected chi connectivity index (χ0v) is 16.1. The smallest absolute Gasteiger partial charge is 0.414 e. The molecule has 1 N–H and O–H groups in total. The summed E-state index contributed by atoms with van der Waals surface area (Å²) in [5.74, 6) is 0. The van der Waals surface area contributed by atoms with Crippen molar-refractivity contribution in [2.45, 2.75) is 32.6 Å². The SMILES string of the molecule is Cc1cc(C)c(C)c(S(=O)(=O)Nc2ccccc2N2CCOC2=O)c1C. The molecule has 1 amide bonds. The lowest BCUT2D eigenvalue weighted by Gasteiger charge is -2.20. The number of amides is 1. The number of cyclic esters (lactones) is 1. The Morgan fingerprint density at radius 3 is 2.23 bits per heavy atom. The van der Waals surface area contributed by atoms with E-state index >= 15 is 0 Å². The normalized spacial score (nSPS) is 14.5. The number of nitrogens with one attached hydrogen (secondary N) is 1. The summed E-state index contributed by atoms with van der Waals surface area (Å²) in [4.78, 5) is 13.6. The van der Waals surface area contributed by atoms with Gasteiger partial charge in [-0.05, 0) is 62.1 Å². The Morgan fingerprint density at radius 2 is 1.65 bits per heavy atom. The van der Waals surface area contributed by atoms with Gasteiger partial charge in [0.2, 0.25) is 0 Å². The molecule has 6 nitrogen and oxygen atoms in total. The van der Waals surface area contributed by atoms with Gasteiger partial charge in [-0.15, -0.1) is 0 Å². The number of hydrogen-bond donors (Lipinski definition) is 1. The van der Waals surface area contributed by atoms with Crippen molar-refractivity contribution in [1.29, 1.82) is 0 Å². The average Bonchev–Trinajstić information content (AvgIpc) is 2.99. The molecule has 1 fully saturated rings. The van der Waals surface area contributed by atoms with Crippen LogP contribution in [0, 0.1) is 27.7 Å². The summed E-state index contributed by atoms with van der Waals surface area (Å²) < 4.78 is 33.9. The molecule has 1 saturated heterocycles. The van der Waals surface area contributed by atoms with Crippen LogP contribution < -0.4 is 9.62 Å². The van der Waals surface area contributed by atoms with Crippen LogP contribution in [0.2, 0.25) is 0 Å². The number of hydrogen-bond acceptors (Lipinski definition) is 4. The van der Waals surface area contributed by atoms with Gasteiger partial charge in [0, 0.05) is 0 Å². The van der Waals surface area contributed by atoms with Crippen molar-refractivity contribution in [1.82, 2.24) is 0 Å². The van der Waals surface area contributed by atoms with Gasteiger partial charge in [-0.1, -0.05) is 18.2 Å². The van der Waals surface area contributed by atoms with E-state index in [1.54, 1.807) is 38.1 Å². The van der Waals surface area contributed by atoms with E-state index in [0.717, 1.165) is 22.3 Å². The van der Waals surface area contributed by atoms with E-state index < -0.39 is 16.1 Å². The number of nitrogens with zero attached hydrogens (tertiary/aromatic N) is 1. The first kappa shape index (κ1) is 18.3. The van der Waals surface area contributed by atoms with Crippen LogP contribution in [-0.2, 0) is 14.8 Å². The largest absolute Gasteiger partial charge is 0.447 e. The molecule has 1 heterocycles. The number of benzene rings is 2. The van der Waals surface area contributed by atoms with E-state index in [4.69, 9.17) is 4.74 Å². The third kappa shape index (κ3) is 3.14. The lowest BCUT2D eigenvalue weighted by Crippen LogP contribution is -2.25. The fourth-order valence-electron chi connectivity index (χ4n) is 3.19. The number of sulfonamides is 1. The number of aryl methyl sites for hydroxylation is 2. The molecule has 26 heavy (non-hydrogen) atoms. The predicted molar refractivity (Wildman–Crippen MR) is 101 cm³/mol. The number of carbonyl (C=O) groups is 1. The van der Waals surface area contributed by atoms with Crippen LogP contribution in [0.15, 0.2) is 35.2 Å². The molecule has 138 valence electrons. The Labute approximate surface area is 153 Å². The van der Waals surface area contributed by atoms with Crippen LogP contribution in [0.1, 0.15) is 22.3 Å². The third-order valence-corrected chi connectivity index (χ3v) is 6.40. The summed E-state index contributed by atoms with van der Waals surface area (Å²) in [6.07, 6.45) is -0.476. The number of ether oxygens (including phenoxy) is 1. The van der Waals surface area contributed by atoms with Crippen molar-refractivity contribution in [3.05, 3.63) is 52.6 Å². The van der Waals surface area contributed by atoms with Crippen molar-refractivity contribution in [3.8, 4) is 0 Å². The van der Waals surface area contributed by atoms with Crippen LogP contribution in [0.3, 0.4) is 0 Å². The van der Waals surface area contributed by atoms with E-state index in [2.05, 4.69) is 4.72 Å². The highest BCUT2D eigenvalue weighted by Crippen LogP contribution is 2.32. The van der Waals surface area contributed by atoms with Gasteiger partial charge < -0.3 is 4.74 Å². The second-order valence-corrected chi connectivity index (χ2v) is 8.10. The van der Waals surface area contributed by atoms with Gasteiger partial charge in [-0.25, -0.2) is 13.2 Å². The van der Waals surface area contributed by atoms with Crippen molar-refractivity contribution in [3.63, 3.8) is 0 Å². The monoisotopic (exact) mass is 374 g/mol. The maximum atomic E-state index is 13.2. The standard InChI is InChI=1S/C19H22N2O4S/c1-12-11-13(2)15(4)18(14(12)3)26(23,24)20-16-7-5-6-8-17(16)21-9-10-25-19(21)22/h5-8,11,20H,9-10H2,1-4H3. The molecule has 0 atom stereocenters. The van der Waals surface area contributed by atoms with Crippen LogP contribution in [0.5, 0.6) is 0 Å². The summed E-state index contributed by atoms with van der Waals surface area (Å²) in [6.45, 7) is 8.08. The van der Waals surface area contributed by atoms with Gasteiger partial charge in [-0.2, -0.15) is 0 Å². The van der Waals surface area contributed by atoms with Gasteiger partial charge in [0.1, 0.15) is 6.61 Å². The minimum atomic E-state index is -3.82. The third-order valence-electron chi connectivity index (χ3n) is 4.77. The molecule has 0 aromatic heterocycles. The maximum absolute atomic E-state index is 13.2. The first-order valence-electron chi connectivity index (χ1n) is 8.36. The Kier molecular flexibility index (Phi) is 4.66. The van der Waals surface area contributed by atoms with Crippen molar-refractivity contribution in [2.75, 3.05) is 22.8 Å². The zero-order chi connectivity index (χ0) is 19.1. The molecule has 3 rings (SSSR count). The molecule has 0 radical (unpaired) electrons. The first-order chi connectivity index (χ1) is 12.2. The predicted octanol–water partition coefficient (Wildman–Crippen LogP) is 3.68. The summed E-state index contributed by atoms with van der Waals surface area (Å²) >= 11 is 0. The summed E-state index contributed by atoms with van der Waals surface area (Å²) in [7, 11) is -3.82. The minimum Gasteiger partial charge on any atom is -0.447 e. The second kappa shape index (κ2) is 6.64. The van der Waals surface area contributed by atoms with Crippen LogP contribution in [-0.4, -0.2) is 27.7 Å². The van der Waals surface area contributed by atoms with Gasteiger partial charge in [0.15, 0.2) is 0 Å². The van der Waals surface area contributed by atoms with Gasteiger partial charge in [-0.3, -0.25) is 9.62 Å². The molecule has 0 aliphatic carbocycles. The van der Waals surface area contributed by atoms with E-state index in [0.29, 0.717) is 17.9 Å². The molecule has 0 unspecified atom stereocenters. The van der Waals surface area contributed by atoms with E-state index in [-0.39, 0.29) is 11.5 Å². The fraction of sp³-hybridized carbons (Fsp3) is 0.316. The lowest BCUT2D eigenvalue weighted by molar-refractivity contribution is 0.181. The van der Waals surface area contributed by atoms with Crippen molar-refractivity contribution < 1.29 is 17.9 Å². The Hall–Kier alpha value is -2.54. The number of anilines is 2. The van der Waals surface area contributed by atoms with Crippen molar-refractivity contribution in [2.24, 2.45) is 0 Å². The lowest BCUT2D eigenvalue weighted by atomic mass is 10.0. The van der Waals surface area contributed by atoms with E-state index in [9.17, 15) is 13.2 Å². The molecule has 0 spiro atoms. The van der Waals surface area contributed by atoms with E-state index in [1.165, 1.54) is 4.90 Å². The van der Waals surface area contributed by atoms with Crippen LogP contribution in [0.4, 0.5) is 16.2 Å². The average molecular weight is 374 g/mol. The molecular formula is C19H22N2O4S. The number of rotatable bonds is 4. The molecule has 0 saturated carbocycles. The molecule has 2 aromatic rings. The zero-order valence-electron chi connectivity index (χ0n) is 15.3. The number of carbonyl (C=O) groups excluding carboxylic acids is 1. The summed E-state index contributed by atoms with van der Waals surface area (Å²) in [6, 6.07) is 8.81. The highest BCUT2D eigenvalue weighted by Gasteiger charge is 2.28. The van der Waals surface area contributed by atoms with Gasteiger partial charge >= 0.3 is 6.09 Å². The molecular weight excluding hydrogens is 352 g/mol. The number of para-hydroxylation sites is 2. The Balaban J connectivity index is 2.07. The summed E-state index contributed by atoms with van der Waals surface area (Å²) in [5, 5.41) is 0. The van der Waals surface area contributed by atoms with Gasteiger partial charge in [0.25, 0.3) is 10.0 Å². The summed E-state index contributed by atoms with van der Waals surface area (Å²) in [5.41, 5.74) is 4.12. The molecule has 0 bridgehead atoms. The Bertz CT molecular complexity index is 957. The maximum Gasteiger partial charge on any atom is 0.414 e. The molecule has 7 heteroatoms. The highest BCUT2D eigenvalue weighted by atomic mass is 32.2. The molecule has 1 aliphatic rings. The molecule has 2 aromatic carbocycles. The minimum absolute atomic E-state index is 0.286. The Morgan fingerprint density at radius 1 is 1.04 bits per heavy atom. The fourth-order valence-corrected chi connectivity index (χ4v) is 4.88.